The molecule has 0 unspecified atom stereocenters. The van der Waals surface area contributed by atoms with Crippen LogP contribution in [0.5, 0.6) is 0 Å². The van der Waals surface area contributed by atoms with Crippen molar-refractivity contribution in [2.45, 2.75) is 77.6 Å². The maximum Gasteiger partial charge on any atom is 0.0701 e. The second-order valence-electron chi connectivity index (χ2n) is 8.61. The van der Waals surface area contributed by atoms with E-state index < -0.39 is 0 Å². The smallest absolute Gasteiger partial charge is 0.0701 e. The lowest BCUT2D eigenvalue weighted by molar-refractivity contribution is 0.556. The topological polar surface area (TPSA) is 25.8 Å². The van der Waals surface area contributed by atoms with Gasteiger partial charge in [-0.2, -0.15) is 0 Å². The van der Waals surface area contributed by atoms with E-state index in [0.717, 1.165) is 11.9 Å². The van der Waals surface area contributed by atoms with Gasteiger partial charge in [0, 0.05) is 28.9 Å². The number of nitrogens with zero attached hydrogens (tertiary/aromatic N) is 2. The van der Waals surface area contributed by atoms with Crippen LogP contribution >= 0.6 is 0 Å². The highest BCUT2D eigenvalue weighted by Gasteiger charge is 2.01. The van der Waals surface area contributed by atoms with Gasteiger partial charge in [-0.25, -0.2) is 0 Å². The van der Waals surface area contributed by atoms with E-state index in [1.54, 1.807) is 0 Å². The van der Waals surface area contributed by atoms with E-state index in [1.807, 2.05) is 36.7 Å². The number of hydrogen-bond acceptors (Lipinski definition) is 2. The summed E-state index contributed by atoms with van der Waals surface area (Å²) in [6.07, 6.45) is 18.8. The number of hydrogen-bond donors (Lipinski definition) is 0. The van der Waals surface area contributed by atoms with Gasteiger partial charge in [0.2, 0.25) is 0 Å². The summed E-state index contributed by atoms with van der Waals surface area (Å²) in [5.41, 5.74) is 2.34. The van der Waals surface area contributed by atoms with Crippen LogP contribution in [0.3, 0.4) is 0 Å². The van der Waals surface area contributed by atoms with Gasteiger partial charge in [0.25, 0.3) is 0 Å². The third-order valence-corrected chi connectivity index (χ3v) is 6.04. The lowest BCUT2D eigenvalue weighted by Gasteiger charge is -2.05. The first-order valence-electron chi connectivity index (χ1n) is 12.5. The number of benzene rings is 2. The Hall–Kier alpha value is -2.74. The van der Waals surface area contributed by atoms with Gasteiger partial charge < -0.3 is 0 Å². The Balaban J connectivity index is 0.000000238. The highest BCUT2D eigenvalue weighted by Crippen LogP contribution is 2.19. The predicted octanol–water partition coefficient (Wildman–Crippen LogP) is 8.93. The van der Waals surface area contributed by atoms with Crippen LogP contribution in [0.1, 0.15) is 76.8 Å². The molecular formula is C30H38N2. The Bertz CT molecular complexity index is 970. The molecule has 0 aliphatic rings. The molecule has 0 amide bonds. The van der Waals surface area contributed by atoms with E-state index in [1.165, 1.54) is 86.1 Å². The van der Waals surface area contributed by atoms with E-state index in [4.69, 9.17) is 0 Å². The molecule has 0 fully saturated rings. The summed E-state index contributed by atoms with van der Waals surface area (Å²) in [5, 5.41) is 3.85. The summed E-state index contributed by atoms with van der Waals surface area (Å²) in [6, 6.07) is 22.8. The second-order valence-corrected chi connectivity index (χ2v) is 8.61. The van der Waals surface area contributed by atoms with Crippen molar-refractivity contribution in [3.63, 3.8) is 0 Å². The van der Waals surface area contributed by atoms with E-state index in [0.29, 0.717) is 0 Å². The van der Waals surface area contributed by atoms with Crippen LogP contribution in [0.2, 0.25) is 0 Å². The second kappa shape index (κ2) is 14.3. The molecule has 2 heteroatoms. The third-order valence-electron chi connectivity index (χ3n) is 6.04. The molecule has 2 nitrogen and oxygen atoms in total. The molecule has 0 aliphatic carbocycles. The van der Waals surface area contributed by atoms with Gasteiger partial charge >= 0.3 is 0 Å². The van der Waals surface area contributed by atoms with Crippen molar-refractivity contribution in [3.8, 4) is 0 Å². The fourth-order valence-electron chi connectivity index (χ4n) is 4.18. The summed E-state index contributed by atoms with van der Waals surface area (Å²) in [5.74, 6) is 0. The van der Waals surface area contributed by atoms with Crippen molar-refractivity contribution in [3.05, 3.63) is 84.8 Å². The van der Waals surface area contributed by atoms with E-state index in [2.05, 4.69) is 59.4 Å². The predicted molar refractivity (Wildman–Crippen MR) is 139 cm³/mol. The molecule has 0 saturated carbocycles. The minimum atomic E-state index is 1.06. The van der Waals surface area contributed by atoms with Gasteiger partial charge in [-0.15, -0.1) is 0 Å². The Morgan fingerprint density at radius 2 is 1.16 bits per heavy atom. The number of unbranched alkanes of at least 4 members (excludes halogenated alkanes) is 9. The van der Waals surface area contributed by atoms with E-state index >= 15 is 0 Å². The molecule has 0 bridgehead atoms. The molecule has 0 spiro atoms. The molecular weight excluding hydrogens is 388 g/mol. The van der Waals surface area contributed by atoms with Gasteiger partial charge in [-0.3, -0.25) is 9.97 Å². The average Bonchev–Trinajstić information content (AvgIpc) is 2.86. The zero-order valence-corrected chi connectivity index (χ0v) is 19.7. The minimum Gasteiger partial charge on any atom is -0.261 e. The first-order chi connectivity index (χ1) is 15.9. The quantitative estimate of drug-likeness (QED) is 0.224. The van der Waals surface area contributed by atoms with Crippen molar-refractivity contribution >= 4 is 21.7 Å². The molecule has 2 heterocycles. The number of para-hydroxylation sites is 1. The molecule has 168 valence electrons. The normalized spacial score (nSPS) is 10.8. The molecule has 0 saturated heterocycles. The summed E-state index contributed by atoms with van der Waals surface area (Å²) in [4.78, 5) is 8.76. The Kier molecular flexibility index (Phi) is 10.7. The summed E-state index contributed by atoms with van der Waals surface area (Å²) in [6.45, 7) is 2.28. The third kappa shape index (κ3) is 8.07. The fourth-order valence-corrected chi connectivity index (χ4v) is 4.18. The Morgan fingerprint density at radius 1 is 0.531 bits per heavy atom. The Morgan fingerprint density at radius 3 is 1.91 bits per heavy atom. The molecule has 32 heavy (non-hydrogen) atoms. The molecule has 0 aliphatic heterocycles. The van der Waals surface area contributed by atoms with Crippen molar-refractivity contribution in [2.24, 2.45) is 0 Å². The average molecular weight is 427 g/mol. The van der Waals surface area contributed by atoms with Gasteiger partial charge in [0.05, 0.1) is 5.52 Å². The molecule has 4 aromatic rings. The van der Waals surface area contributed by atoms with Crippen LogP contribution in [0, 0.1) is 0 Å². The van der Waals surface area contributed by atoms with Crippen LogP contribution in [-0.4, -0.2) is 9.97 Å². The highest BCUT2D eigenvalue weighted by atomic mass is 14.7. The minimum absolute atomic E-state index is 1.06. The monoisotopic (exact) mass is 426 g/mol. The van der Waals surface area contributed by atoms with Crippen molar-refractivity contribution < 1.29 is 0 Å². The largest absolute Gasteiger partial charge is 0.261 e. The van der Waals surface area contributed by atoms with Gasteiger partial charge in [-0.05, 0) is 36.4 Å². The lowest BCUT2D eigenvalue weighted by Crippen LogP contribution is -1.92. The number of aryl methyl sites for hydroxylation is 1. The molecule has 0 N–H and O–H groups in total. The number of fused-ring (bicyclic) bond motifs is 2. The first-order valence-corrected chi connectivity index (χ1v) is 12.5. The van der Waals surface area contributed by atoms with Crippen molar-refractivity contribution in [2.75, 3.05) is 0 Å². The molecule has 4 rings (SSSR count). The molecule has 2 aromatic carbocycles. The summed E-state index contributed by atoms with van der Waals surface area (Å²) in [7, 11) is 0. The van der Waals surface area contributed by atoms with Crippen LogP contribution < -0.4 is 0 Å². The zero-order valence-electron chi connectivity index (χ0n) is 19.7. The van der Waals surface area contributed by atoms with Crippen LogP contribution in [0.25, 0.3) is 21.7 Å². The van der Waals surface area contributed by atoms with Gasteiger partial charge in [-0.1, -0.05) is 113 Å². The molecule has 2 aromatic heterocycles. The molecule has 0 radical (unpaired) electrons. The van der Waals surface area contributed by atoms with Crippen LogP contribution in [0.15, 0.2) is 79.1 Å². The highest BCUT2D eigenvalue weighted by molar-refractivity contribution is 5.84. The van der Waals surface area contributed by atoms with Gasteiger partial charge in [0.15, 0.2) is 0 Å². The fraction of sp³-hybridized carbons (Fsp3) is 0.400. The SMILES string of the molecule is CCCCCCCCCCCCc1nccc2ccccc12.c1ccc2ncccc2c1. The maximum absolute atomic E-state index is 4.58. The van der Waals surface area contributed by atoms with Crippen LogP contribution in [-0.2, 0) is 6.42 Å². The maximum atomic E-state index is 4.58. The zero-order chi connectivity index (χ0) is 22.3. The van der Waals surface area contributed by atoms with E-state index in [-0.39, 0.29) is 0 Å². The standard InChI is InChI=1S/C21H31N.C9H7N/c1-2-3-4-5-6-7-8-9-10-11-16-21-20-15-13-12-14-19(20)17-18-22-21;1-2-6-9-8(4-1)5-3-7-10-9/h12-15,17-18H,2-11,16H2,1H3;1-7H. The van der Waals surface area contributed by atoms with Crippen molar-refractivity contribution in [1.29, 1.82) is 0 Å². The number of aromatic nitrogens is 2. The molecule has 0 atom stereocenters. The van der Waals surface area contributed by atoms with Gasteiger partial charge in [0.1, 0.15) is 0 Å². The lowest BCUT2D eigenvalue weighted by atomic mass is 10.0. The van der Waals surface area contributed by atoms with Crippen LogP contribution in [0.4, 0.5) is 0 Å². The summed E-state index contributed by atoms with van der Waals surface area (Å²) < 4.78 is 0. The van der Waals surface area contributed by atoms with E-state index in [9.17, 15) is 0 Å². The van der Waals surface area contributed by atoms with Crippen molar-refractivity contribution in [1.82, 2.24) is 9.97 Å². The number of rotatable bonds is 11. The first kappa shape index (κ1) is 23.9. The number of pyridine rings is 2. The Labute approximate surface area is 194 Å². The summed E-state index contributed by atoms with van der Waals surface area (Å²) >= 11 is 0.